The molecule has 0 aliphatic rings. The first kappa shape index (κ1) is 17.0. The Balaban J connectivity index is 0.000000796. The molecule has 0 aliphatic heterocycles. The quantitative estimate of drug-likeness (QED) is 0.257. The smallest absolute Gasteiger partial charge is 0.406 e. The normalized spacial score (nSPS) is 8.70. The predicted molar refractivity (Wildman–Crippen MR) is 70.5 cm³/mol. The number of amides is 1. The molecule has 1 amide bonds. The zero-order chi connectivity index (χ0) is 15.7. The minimum absolute atomic E-state index is 0.0355. The molecule has 0 fully saturated rings. The second-order valence-corrected chi connectivity index (χ2v) is 3.56. The van der Waals surface area contributed by atoms with Crippen molar-refractivity contribution in [1.82, 2.24) is 4.90 Å². The molecule has 0 atom stereocenters. The van der Waals surface area contributed by atoms with E-state index in [0.717, 1.165) is 0 Å². The van der Waals surface area contributed by atoms with E-state index in [1.54, 1.807) is 38.4 Å². The van der Waals surface area contributed by atoms with Crippen LogP contribution in [-0.2, 0) is 0 Å². The lowest BCUT2D eigenvalue weighted by Crippen LogP contribution is -2.72. The Bertz CT molecular complexity index is 495. The van der Waals surface area contributed by atoms with Gasteiger partial charge in [-0.1, -0.05) is 12.1 Å². The van der Waals surface area contributed by atoms with E-state index in [1.165, 1.54) is 4.90 Å². The summed E-state index contributed by atoms with van der Waals surface area (Å²) >= 11 is 0. The third-order valence-electron chi connectivity index (χ3n) is 1.73. The Labute approximate surface area is 114 Å². The minimum atomic E-state index is -1.75. The van der Waals surface area contributed by atoms with Crippen molar-refractivity contribution in [2.75, 3.05) is 14.1 Å². The molecule has 0 saturated heterocycles. The molecule has 0 aromatic heterocycles. The van der Waals surface area contributed by atoms with Crippen LogP contribution >= 0.6 is 0 Å². The predicted octanol–water partition coefficient (Wildman–Crippen LogP) is -1.51. The highest BCUT2D eigenvalue weighted by atomic mass is 16.9. The molecule has 10 heteroatoms. The fourth-order valence-corrected chi connectivity index (χ4v) is 1.000. The van der Waals surface area contributed by atoms with Crippen molar-refractivity contribution in [2.45, 2.75) is 0 Å². The largest absolute Gasteiger partial charge is 0.414 e. The first-order chi connectivity index (χ1) is 9.23. The van der Waals surface area contributed by atoms with Gasteiger partial charge >= 0.3 is 12.1 Å². The number of rotatable bonds is 2. The van der Waals surface area contributed by atoms with Gasteiger partial charge in [-0.25, -0.2) is 9.79 Å². The van der Waals surface area contributed by atoms with Crippen LogP contribution in [-0.4, -0.2) is 36.1 Å². The number of nitrogens with zero attached hydrogens (tertiary/aromatic N) is 2. The molecule has 0 bridgehead atoms. The second-order valence-electron chi connectivity index (χ2n) is 3.56. The van der Waals surface area contributed by atoms with Crippen LogP contribution in [0.4, 0.5) is 10.5 Å². The molecule has 0 heterocycles. The zero-order valence-corrected chi connectivity index (χ0v) is 10.9. The molecular formula is C10H15N5O5. The number of nitrogens with two attached hydrogens (primary N) is 2. The molecule has 110 valence electrons. The van der Waals surface area contributed by atoms with Crippen LogP contribution in [0.3, 0.4) is 0 Å². The molecular weight excluding hydrogens is 270 g/mol. The molecule has 1 aromatic rings. The van der Waals surface area contributed by atoms with Crippen molar-refractivity contribution in [3.05, 3.63) is 39.6 Å². The minimum Gasteiger partial charge on any atom is -0.406 e. The highest BCUT2D eigenvalue weighted by Crippen LogP contribution is 2.18. The average molecular weight is 285 g/mol. The molecule has 20 heavy (non-hydrogen) atoms. The molecule has 1 rings (SSSR count). The van der Waals surface area contributed by atoms with Crippen molar-refractivity contribution in [2.24, 2.45) is 11.5 Å². The summed E-state index contributed by atoms with van der Waals surface area (Å²) in [5.41, 5.74) is 11.2. The molecule has 1 aromatic carbocycles. The van der Waals surface area contributed by atoms with Crippen LogP contribution in [0.15, 0.2) is 24.3 Å². The van der Waals surface area contributed by atoms with Gasteiger partial charge in [-0.2, -0.15) is 0 Å². The molecule has 0 saturated carbocycles. The Morgan fingerprint density at radius 3 is 2.25 bits per heavy atom. The third-order valence-corrected chi connectivity index (χ3v) is 1.73. The Morgan fingerprint density at radius 2 is 1.80 bits per heavy atom. The fraction of sp³-hybridized carbons (Fsp3) is 0.200. The first-order valence-electron chi connectivity index (χ1n) is 5.18. The van der Waals surface area contributed by atoms with Crippen molar-refractivity contribution >= 4 is 17.7 Å². The van der Waals surface area contributed by atoms with Crippen LogP contribution in [0.1, 0.15) is 0 Å². The van der Waals surface area contributed by atoms with Crippen molar-refractivity contribution in [1.29, 1.82) is 0 Å². The number of benzene rings is 1. The maximum Gasteiger partial charge on any atom is 0.414 e. The molecule has 0 aliphatic carbocycles. The van der Waals surface area contributed by atoms with E-state index in [4.69, 9.17) is 31.5 Å². The zero-order valence-electron chi connectivity index (χ0n) is 10.9. The van der Waals surface area contributed by atoms with Crippen LogP contribution in [0, 0.1) is 15.3 Å². The standard InChI is InChI=1S/C10H14N4O2.NO3/c1-14(2)10(15)16-8-6-4-3-5-7(8)13-9(11)12;2-1(3)4/h3-6H,1-2H3,(H4,11,12,13);/q;-1/p+1. The SMILES string of the molecule is CN(C)C(=O)Oc1ccccc1[NH+]=C(N)N.O=[N+]([O-])[O-]. The van der Waals surface area contributed by atoms with Crippen LogP contribution in [0.2, 0.25) is 0 Å². The van der Waals surface area contributed by atoms with Gasteiger partial charge in [-0.3, -0.25) is 11.5 Å². The number of carbonyl (C=O) groups is 1. The van der Waals surface area contributed by atoms with E-state index in [0.29, 0.717) is 11.4 Å². The van der Waals surface area contributed by atoms with Gasteiger partial charge in [-0.05, 0) is 12.1 Å². The number of guanidine groups is 1. The molecule has 5 N–H and O–H groups in total. The number of carbonyl (C=O) groups excluding carboxylic acids is 1. The van der Waals surface area contributed by atoms with Crippen LogP contribution in [0.5, 0.6) is 5.75 Å². The van der Waals surface area contributed by atoms with E-state index in [2.05, 4.69) is 4.99 Å². The van der Waals surface area contributed by atoms with Gasteiger partial charge < -0.3 is 25.0 Å². The Kier molecular flexibility index (Phi) is 6.89. The van der Waals surface area contributed by atoms with Crippen molar-refractivity contribution < 1.29 is 19.6 Å². The number of para-hydroxylation sites is 2. The maximum absolute atomic E-state index is 11.4. The fourth-order valence-electron chi connectivity index (χ4n) is 1.000. The van der Waals surface area contributed by atoms with E-state index in [9.17, 15) is 4.79 Å². The Hall–Kier alpha value is -3.04. The van der Waals surface area contributed by atoms with E-state index < -0.39 is 11.2 Å². The molecule has 0 spiro atoms. The Morgan fingerprint density at radius 1 is 1.30 bits per heavy atom. The van der Waals surface area contributed by atoms with Gasteiger partial charge in [0.2, 0.25) is 0 Å². The summed E-state index contributed by atoms with van der Waals surface area (Å²) in [7, 11) is 3.20. The lowest BCUT2D eigenvalue weighted by atomic mass is 10.3. The first-order valence-corrected chi connectivity index (χ1v) is 5.18. The summed E-state index contributed by atoms with van der Waals surface area (Å²) in [5.74, 6) is 0.406. The number of hydrogen-bond acceptors (Lipinski definition) is 5. The van der Waals surface area contributed by atoms with Gasteiger partial charge in [0.05, 0.1) is 5.09 Å². The summed E-state index contributed by atoms with van der Waals surface area (Å²) in [5, 5.41) is 14.8. The van der Waals surface area contributed by atoms with E-state index in [1.807, 2.05) is 0 Å². The molecule has 10 nitrogen and oxygen atoms in total. The van der Waals surface area contributed by atoms with Gasteiger partial charge in [0.15, 0.2) is 5.75 Å². The van der Waals surface area contributed by atoms with Gasteiger partial charge in [-0.15, -0.1) is 0 Å². The summed E-state index contributed by atoms with van der Waals surface area (Å²) in [6.45, 7) is 0. The van der Waals surface area contributed by atoms with Gasteiger partial charge in [0, 0.05) is 14.1 Å². The summed E-state index contributed by atoms with van der Waals surface area (Å²) < 4.78 is 5.11. The maximum atomic E-state index is 11.4. The van der Waals surface area contributed by atoms with Gasteiger partial charge in [0.25, 0.3) is 0 Å². The molecule has 0 radical (unpaired) electrons. The van der Waals surface area contributed by atoms with E-state index >= 15 is 0 Å². The van der Waals surface area contributed by atoms with Crippen LogP contribution < -0.4 is 21.2 Å². The topological polar surface area (TPSA) is 162 Å². The highest BCUT2D eigenvalue weighted by Gasteiger charge is 2.10. The summed E-state index contributed by atoms with van der Waals surface area (Å²) in [6.07, 6.45) is -0.468. The monoisotopic (exact) mass is 285 g/mol. The second kappa shape index (κ2) is 8.13. The van der Waals surface area contributed by atoms with Crippen molar-refractivity contribution in [3.8, 4) is 5.75 Å². The van der Waals surface area contributed by atoms with Crippen molar-refractivity contribution in [3.63, 3.8) is 0 Å². The molecule has 0 unspecified atom stereocenters. The third kappa shape index (κ3) is 7.32. The summed E-state index contributed by atoms with van der Waals surface area (Å²) in [6, 6.07) is 6.87. The van der Waals surface area contributed by atoms with Crippen LogP contribution in [0.25, 0.3) is 0 Å². The number of nitrogens with one attached hydrogen (secondary N) is 1. The van der Waals surface area contributed by atoms with E-state index in [-0.39, 0.29) is 5.96 Å². The summed E-state index contributed by atoms with van der Waals surface area (Å²) in [4.78, 5) is 23.6. The number of hydrogen-bond donors (Lipinski definition) is 3. The van der Waals surface area contributed by atoms with Gasteiger partial charge in [0.1, 0.15) is 5.69 Å². The lowest BCUT2D eigenvalue weighted by Gasteiger charge is -2.11. The average Bonchev–Trinajstić information content (AvgIpc) is 2.30. The highest BCUT2D eigenvalue weighted by molar-refractivity contribution is 5.73. The number of ether oxygens (including phenoxy) is 1. The lowest BCUT2D eigenvalue weighted by molar-refractivity contribution is -0.402.